The Morgan fingerprint density at radius 2 is 2.06 bits per heavy atom. The van der Waals surface area contributed by atoms with Crippen LogP contribution >= 0.6 is 0 Å². The van der Waals surface area contributed by atoms with Gasteiger partial charge in [-0.2, -0.15) is 0 Å². The van der Waals surface area contributed by atoms with Crippen LogP contribution in [0.15, 0.2) is 12.1 Å². The summed E-state index contributed by atoms with van der Waals surface area (Å²) in [6.45, 7) is 9.28. The molecule has 0 bridgehead atoms. The lowest BCUT2D eigenvalue weighted by molar-refractivity contribution is 0.0769. The van der Waals surface area contributed by atoms with Gasteiger partial charge in [0.15, 0.2) is 0 Å². The third kappa shape index (κ3) is 2.45. The van der Waals surface area contributed by atoms with Gasteiger partial charge in [-0.1, -0.05) is 12.1 Å². The fourth-order valence-corrected chi connectivity index (χ4v) is 2.25. The summed E-state index contributed by atoms with van der Waals surface area (Å²) in [5.74, 6) is 0. The summed E-state index contributed by atoms with van der Waals surface area (Å²) >= 11 is 0. The minimum Gasteiger partial charge on any atom is -0.379 e. The zero-order valence-corrected chi connectivity index (χ0v) is 10.5. The Hall–Kier alpha value is -0.860. The minimum atomic E-state index is 0.481. The molecule has 88 valence electrons. The van der Waals surface area contributed by atoms with Gasteiger partial charge in [-0.15, -0.1) is 0 Å². The molecule has 1 aromatic rings. The molecule has 0 radical (unpaired) electrons. The topological polar surface area (TPSA) is 21.3 Å². The molecule has 0 aromatic heterocycles. The summed E-state index contributed by atoms with van der Waals surface area (Å²) in [5, 5.41) is 3.50. The molecule has 1 aliphatic rings. The van der Waals surface area contributed by atoms with Gasteiger partial charge >= 0.3 is 0 Å². The van der Waals surface area contributed by atoms with Gasteiger partial charge in [0.1, 0.15) is 0 Å². The van der Waals surface area contributed by atoms with Crippen LogP contribution in [-0.4, -0.2) is 25.8 Å². The normalized spacial score (nSPS) is 21.1. The molecule has 0 saturated carbocycles. The van der Waals surface area contributed by atoms with Crippen molar-refractivity contribution in [3.8, 4) is 0 Å². The van der Waals surface area contributed by atoms with E-state index >= 15 is 0 Å². The number of hydrogen-bond acceptors (Lipinski definition) is 2. The minimum absolute atomic E-state index is 0.481. The summed E-state index contributed by atoms with van der Waals surface area (Å²) in [4.78, 5) is 0. The van der Waals surface area contributed by atoms with E-state index in [1.807, 2.05) is 0 Å². The summed E-state index contributed by atoms with van der Waals surface area (Å²) in [6.07, 6.45) is 1.08. The van der Waals surface area contributed by atoms with E-state index in [2.05, 4.69) is 38.2 Å². The van der Waals surface area contributed by atoms with Crippen LogP contribution < -0.4 is 5.32 Å². The second kappa shape index (κ2) is 4.98. The van der Waals surface area contributed by atoms with Crippen molar-refractivity contribution in [1.29, 1.82) is 0 Å². The van der Waals surface area contributed by atoms with Gasteiger partial charge in [0, 0.05) is 12.6 Å². The Labute approximate surface area is 98.0 Å². The van der Waals surface area contributed by atoms with Crippen LogP contribution in [0.3, 0.4) is 0 Å². The fraction of sp³-hybridized carbons (Fsp3) is 0.571. The maximum absolute atomic E-state index is 5.49. The largest absolute Gasteiger partial charge is 0.379 e. The monoisotopic (exact) mass is 219 g/mol. The Morgan fingerprint density at radius 1 is 1.25 bits per heavy atom. The molecule has 1 heterocycles. The van der Waals surface area contributed by atoms with E-state index in [-0.39, 0.29) is 0 Å². The molecule has 1 aromatic carbocycles. The van der Waals surface area contributed by atoms with Crippen LogP contribution in [0.4, 0.5) is 0 Å². The third-order valence-corrected chi connectivity index (χ3v) is 3.63. The summed E-state index contributed by atoms with van der Waals surface area (Å²) in [5.41, 5.74) is 5.70. The molecule has 1 saturated heterocycles. The number of morpholine rings is 1. The first-order chi connectivity index (χ1) is 7.68. The molecule has 1 fully saturated rings. The number of ether oxygens (including phenoxy) is 1. The predicted molar refractivity (Wildman–Crippen MR) is 67.0 cm³/mol. The second-order valence-corrected chi connectivity index (χ2v) is 4.72. The fourth-order valence-electron chi connectivity index (χ4n) is 2.25. The highest BCUT2D eigenvalue weighted by molar-refractivity contribution is 5.39. The molecule has 2 nitrogen and oxygen atoms in total. The van der Waals surface area contributed by atoms with Gasteiger partial charge in [0.25, 0.3) is 0 Å². The molecule has 1 atom stereocenters. The van der Waals surface area contributed by atoms with Crippen molar-refractivity contribution >= 4 is 0 Å². The Bertz CT molecular complexity index is 367. The van der Waals surface area contributed by atoms with E-state index in [1.165, 1.54) is 22.3 Å². The zero-order valence-electron chi connectivity index (χ0n) is 10.5. The van der Waals surface area contributed by atoms with Crippen LogP contribution in [-0.2, 0) is 11.2 Å². The number of hydrogen-bond donors (Lipinski definition) is 1. The first kappa shape index (κ1) is 11.6. The molecular weight excluding hydrogens is 198 g/mol. The Kier molecular flexibility index (Phi) is 3.62. The number of benzene rings is 1. The van der Waals surface area contributed by atoms with Crippen LogP contribution in [0.1, 0.15) is 22.3 Å². The molecule has 1 unspecified atom stereocenters. The van der Waals surface area contributed by atoms with Crippen molar-refractivity contribution in [3.05, 3.63) is 34.4 Å². The summed E-state index contributed by atoms with van der Waals surface area (Å²) in [7, 11) is 0. The van der Waals surface area contributed by atoms with Gasteiger partial charge < -0.3 is 10.1 Å². The molecule has 1 aliphatic heterocycles. The molecule has 2 heteroatoms. The SMILES string of the molecule is Cc1ccc(CC2COCCN2)c(C)c1C. The van der Waals surface area contributed by atoms with Crippen LogP contribution in [0, 0.1) is 20.8 Å². The molecule has 2 rings (SSSR count). The lowest BCUT2D eigenvalue weighted by Crippen LogP contribution is -2.42. The van der Waals surface area contributed by atoms with Crippen LogP contribution in [0.2, 0.25) is 0 Å². The summed E-state index contributed by atoms with van der Waals surface area (Å²) in [6, 6.07) is 4.96. The molecule has 1 N–H and O–H groups in total. The van der Waals surface area contributed by atoms with Gasteiger partial charge in [-0.3, -0.25) is 0 Å². The molecule has 0 aliphatic carbocycles. The molecule has 0 amide bonds. The highest BCUT2D eigenvalue weighted by atomic mass is 16.5. The highest BCUT2D eigenvalue weighted by Gasteiger charge is 2.15. The van der Waals surface area contributed by atoms with Gasteiger partial charge in [0.05, 0.1) is 13.2 Å². The van der Waals surface area contributed by atoms with Crippen LogP contribution in [0.25, 0.3) is 0 Å². The van der Waals surface area contributed by atoms with Crippen molar-refractivity contribution in [2.24, 2.45) is 0 Å². The summed E-state index contributed by atoms with van der Waals surface area (Å²) < 4.78 is 5.49. The van der Waals surface area contributed by atoms with E-state index in [9.17, 15) is 0 Å². The van der Waals surface area contributed by atoms with Crippen molar-refractivity contribution in [1.82, 2.24) is 5.32 Å². The molecule has 16 heavy (non-hydrogen) atoms. The van der Waals surface area contributed by atoms with E-state index in [0.29, 0.717) is 6.04 Å². The van der Waals surface area contributed by atoms with Crippen molar-refractivity contribution in [2.45, 2.75) is 33.2 Å². The number of aryl methyl sites for hydroxylation is 1. The van der Waals surface area contributed by atoms with E-state index < -0.39 is 0 Å². The lowest BCUT2D eigenvalue weighted by atomic mass is 9.94. The maximum Gasteiger partial charge on any atom is 0.0623 e. The number of rotatable bonds is 2. The van der Waals surface area contributed by atoms with Crippen molar-refractivity contribution in [3.63, 3.8) is 0 Å². The smallest absolute Gasteiger partial charge is 0.0623 e. The average Bonchev–Trinajstić information content (AvgIpc) is 2.31. The molecular formula is C14H21NO. The Morgan fingerprint density at radius 3 is 2.75 bits per heavy atom. The van der Waals surface area contributed by atoms with E-state index in [4.69, 9.17) is 4.74 Å². The van der Waals surface area contributed by atoms with Crippen molar-refractivity contribution in [2.75, 3.05) is 19.8 Å². The van der Waals surface area contributed by atoms with Gasteiger partial charge in [-0.25, -0.2) is 0 Å². The maximum atomic E-state index is 5.49. The standard InChI is InChI=1S/C14H21NO/c1-10-4-5-13(12(3)11(10)2)8-14-9-16-7-6-15-14/h4-5,14-15H,6-9H2,1-3H3. The zero-order chi connectivity index (χ0) is 11.5. The number of nitrogens with one attached hydrogen (secondary N) is 1. The van der Waals surface area contributed by atoms with Crippen molar-refractivity contribution < 1.29 is 4.74 Å². The van der Waals surface area contributed by atoms with E-state index in [1.54, 1.807) is 0 Å². The predicted octanol–water partition coefficient (Wildman–Crippen LogP) is 2.14. The van der Waals surface area contributed by atoms with Crippen LogP contribution in [0.5, 0.6) is 0 Å². The second-order valence-electron chi connectivity index (χ2n) is 4.72. The third-order valence-electron chi connectivity index (χ3n) is 3.63. The van der Waals surface area contributed by atoms with Gasteiger partial charge in [-0.05, 0) is 49.4 Å². The van der Waals surface area contributed by atoms with E-state index in [0.717, 1.165) is 26.2 Å². The first-order valence-electron chi connectivity index (χ1n) is 6.05. The highest BCUT2D eigenvalue weighted by Crippen LogP contribution is 2.18. The lowest BCUT2D eigenvalue weighted by Gasteiger charge is -2.25. The quantitative estimate of drug-likeness (QED) is 0.823. The Balaban J connectivity index is 2.11. The van der Waals surface area contributed by atoms with Gasteiger partial charge in [0.2, 0.25) is 0 Å². The first-order valence-corrected chi connectivity index (χ1v) is 6.05. The average molecular weight is 219 g/mol. The molecule has 0 spiro atoms.